The first-order valence-corrected chi connectivity index (χ1v) is 11.2. The maximum atomic E-state index is 12.6. The third kappa shape index (κ3) is 10.7. The summed E-state index contributed by atoms with van der Waals surface area (Å²) >= 11 is 5.39. The molecule has 10 nitrogen and oxygen atoms in total. The van der Waals surface area contributed by atoms with Crippen molar-refractivity contribution in [2.75, 3.05) is 24.4 Å². The molecule has 0 heterocycles. The second-order valence-electron chi connectivity index (χ2n) is 6.90. The minimum atomic E-state index is -1.37. The molecule has 0 rings (SSSR count). The summed E-state index contributed by atoms with van der Waals surface area (Å²) in [5, 5.41) is 25.6. The number of hydrogen-bond acceptors (Lipinski definition) is 8. The van der Waals surface area contributed by atoms with E-state index in [0.29, 0.717) is 18.6 Å². The molecule has 0 fully saturated rings. The Kier molecular flexibility index (Phi) is 13.7. The summed E-state index contributed by atoms with van der Waals surface area (Å²) in [4.78, 5) is 48.1. The first-order chi connectivity index (χ1) is 13.6. The van der Waals surface area contributed by atoms with Gasteiger partial charge in [-0.2, -0.15) is 24.4 Å². The highest BCUT2D eigenvalue weighted by Crippen LogP contribution is 2.07. The maximum Gasteiger partial charge on any atom is 0.327 e. The van der Waals surface area contributed by atoms with Crippen molar-refractivity contribution in [2.24, 2.45) is 11.7 Å². The summed E-state index contributed by atoms with van der Waals surface area (Å²) in [6.07, 6.45) is 2.63. The summed E-state index contributed by atoms with van der Waals surface area (Å²) in [5.74, 6) is -2.72. The van der Waals surface area contributed by atoms with Crippen LogP contribution >= 0.6 is 24.4 Å². The Morgan fingerprint density at radius 2 is 1.52 bits per heavy atom. The van der Waals surface area contributed by atoms with Gasteiger partial charge in [-0.1, -0.05) is 13.8 Å². The summed E-state index contributed by atoms with van der Waals surface area (Å²) < 4.78 is 0. The van der Waals surface area contributed by atoms with Crippen LogP contribution in [0.25, 0.3) is 0 Å². The van der Waals surface area contributed by atoms with E-state index in [1.165, 1.54) is 0 Å². The number of carbonyl (C=O) groups excluding carboxylic acids is 3. The topological polar surface area (TPSA) is 171 Å². The van der Waals surface area contributed by atoms with Crippen molar-refractivity contribution in [1.82, 2.24) is 16.0 Å². The third-order valence-electron chi connectivity index (χ3n) is 3.92. The van der Waals surface area contributed by atoms with E-state index >= 15 is 0 Å². The fourth-order valence-corrected chi connectivity index (χ4v) is 3.02. The average molecular weight is 453 g/mol. The zero-order valence-corrected chi connectivity index (χ0v) is 18.6. The number of carboxylic acids is 1. The van der Waals surface area contributed by atoms with Crippen LogP contribution in [-0.4, -0.2) is 82.4 Å². The lowest BCUT2D eigenvalue weighted by molar-refractivity contribution is -0.142. The van der Waals surface area contributed by atoms with Gasteiger partial charge >= 0.3 is 5.97 Å². The van der Waals surface area contributed by atoms with E-state index in [0.717, 1.165) is 0 Å². The van der Waals surface area contributed by atoms with Crippen molar-refractivity contribution in [2.45, 2.75) is 50.9 Å². The van der Waals surface area contributed by atoms with Gasteiger partial charge in [-0.15, -0.1) is 0 Å². The Morgan fingerprint density at radius 3 is 1.97 bits per heavy atom. The van der Waals surface area contributed by atoms with Crippen LogP contribution in [0.3, 0.4) is 0 Å². The molecule has 0 aliphatic rings. The van der Waals surface area contributed by atoms with Crippen molar-refractivity contribution in [3.05, 3.63) is 0 Å². The Balaban J connectivity index is 5.10. The zero-order valence-electron chi connectivity index (χ0n) is 16.9. The summed E-state index contributed by atoms with van der Waals surface area (Å²) in [6, 6.07) is -4.36. The number of aliphatic hydroxyl groups is 1. The minimum Gasteiger partial charge on any atom is -0.480 e. The maximum absolute atomic E-state index is 12.6. The second-order valence-corrected chi connectivity index (χ2v) is 8.26. The molecule has 12 heteroatoms. The van der Waals surface area contributed by atoms with E-state index in [4.69, 9.17) is 10.8 Å². The number of aliphatic carboxylic acids is 1. The van der Waals surface area contributed by atoms with Gasteiger partial charge in [0.05, 0.1) is 12.6 Å². The largest absolute Gasteiger partial charge is 0.480 e. The Morgan fingerprint density at radius 1 is 1.00 bits per heavy atom. The molecule has 0 saturated heterocycles. The summed E-state index contributed by atoms with van der Waals surface area (Å²) in [6.45, 7) is 2.98. The van der Waals surface area contributed by atoms with Crippen LogP contribution in [0.1, 0.15) is 26.7 Å². The number of nitrogens with two attached hydrogens (primary N) is 1. The van der Waals surface area contributed by atoms with Gasteiger partial charge in [0, 0.05) is 5.75 Å². The third-order valence-corrected chi connectivity index (χ3v) is 4.93. The lowest BCUT2D eigenvalue weighted by Gasteiger charge is -2.25. The van der Waals surface area contributed by atoms with Gasteiger partial charge in [0.2, 0.25) is 17.7 Å². The predicted octanol–water partition coefficient (Wildman–Crippen LogP) is -1.43. The SMILES string of the molecule is CSCCC(N)C(=O)NC(CC(C)C)C(=O)NC(CO)C(=O)NC(CS)C(=O)O. The van der Waals surface area contributed by atoms with E-state index in [2.05, 4.69) is 28.6 Å². The van der Waals surface area contributed by atoms with Crippen molar-refractivity contribution in [1.29, 1.82) is 0 Å². The van der Waals surface area contributed by atoms with Crippen molar-refractivity contribution in [3.63, 3.8) is 0 Å². The number of nitrogens with one attached hydrogen (secondary N) is 3. The molecule has 0 spiro atoms. The van der Waals surface area contributed by atoms with Gasteiger partial charge in [-0.05, 0) is 30.8 Å². The first-order valence-electron chi connectivity index (χ1n) is 9.17. The number of hydrogen-bond donors (Lipinski definition) is 7. The quantitative estimate of drug-likeness (QED) is 0.157. The normalized spacial score (nSPS) is 15.1. The monoisotopic (exact) mass is 452 g/mol. The van der Waals surface area contributed by atoms with E-state index < -0.39 is 54.5 Å². The molecule has 7 N–H and O–H groups in total. The molecule has 0 aromatic carbocycles. The second kappa shape index (κ2) is 14.5. The van der Waals surface area contributed by atoms with E-state index in [1.54, 1.807) is 11.8 Å². The fourth-order valence-electron chi connectivity index (χ4n) is 2.28. The molecule has 3 amide bonds. The van der Waals surface area contributed by atoms with E-state index in [1.807, 2.05) is 20.1 Å². The van der Waals surface area contributed by atoms with Crippen LogP contribution in [0.15, 0.2) is 0 Å². The van der Waals surface area contributed by atoms with Gasteiger partial charge in [0.1, 0.15) is 18.1 Å². The number of carboxylic acid groups (broad SMARTS) is 1. The minimum absolute atomic E-state index is 0.0513. The van der Waals surface area contributed by atoms with Crippen molar-refractivity contribution in [3.8, 4) is 0 Å². The zero-order chi connectivity index (χ0) is 22.6. The molecule has 29 heavy (non-hydrogen) atoms. The Hall–Kier alpha value is -1.50. The van der Waals surface area contributed by atoms with Crippen molar-refractivity contribution >= 4 is 48.1 Å². The van der Waals surface area contributed by atoms with E-state index in [9.17, 15) is 24.3 Å². The molecule has 0 bridgehead atoms. The number of aliphatic hydroxyl groups excluding tert-OH is 1. The molecule has 0 aliphatic carbocycles. The molecule has 168 valence electrons. The first kappa shape index (κ1) is 27.5. The molecule has 0 saturated carbocycles. The lowest BCUT2D eigenvalue weighted by Crippen LogP contribution is -2.58. The van der Waals surface area contributed by atoms with Crippen LogP contribution in [-0.2, 0) is 19.2 Å². The van der Waals surface area contributed by atoms with Gasteiger partial charge in [0.25, 0.3) is 0 Å². The molecular weight excluding hydrogens is 420 g/mol. The van der Waals surface area contributed by atoms with Gasteiger partial charge in [-0.3, -0.25) is 14.4 Å². The van der Waals surface area contributed by atoms with Crippen LogP contribution in [0.4, 0.5) is 0 Å². The summed E-state index contributed by atoms with van der Waals surface area (Å²) in [7, 11) is 0. The van der Waals surface area contributed by atoms with Crippen LogP contribution in [0, 0.1) is 5.92 Å². The van der Waals surface area contributed by atoms with E-state index in [-0.39, 0.29) is 11.7 Å². The molecular formula is C17H32N4O6S2. The predicted molar refractivity (Wildman–Crippen MR) is 115 cm³/mol. The molecule has 4 atom stereocenters. The molecule has 0 aromatic heterocycles. The average Bonchev–Trinajstić information content (AvgIpc) is 2.66. The summed E-state index contributed by atoms with van der Waals surface area (Å²) in [5.41, 5.74) is 5.83. The van der Waals surface area contributed by atoms with Gasteiger partial charge in [-0.25, -0.2) is 4.79 Å². The number of carbonyl (C=O) groups is 4. The number of rotatable bonds is 14. The highest BCUT2D eigenvalue weighted by atomic mass is 32.2. The number of thiol groups is 1. The highest BCUT2D eigenvalue weighted by molar-refractivity contribution is 7.98. The fraction of sp³-hybridized carbons (Fsp3) is 0.765. The van der Waals surface area contributed by atoms with Gasteiger partial charge < -0.3 is 31.9 Å². The smallest absolute Gasteiger partial charge is 0.327 e. The molecule has 0 aromatic rings. The van der Waals surface area contributed by atoms with Crippen LogP contribution < -0.4 is 21.7 Å². The van der Waals surface area contributed by atoms with Crippen LogP contribution in [0.2, 0.25) is 0 Å². The lowest BCUT2D eigenvalue weighted by atomic mass is 10.0. The molecule has 0 radical (unpaired) electrons. The molecule has 4 unspecified atom stereocenters. The Labute approximate surface area is 180 Å². The number of amides is 3. The Bertz CT molecular complexity index is 564. The van der Waals surface area contributed by atoms with Gasteiger partial charge in [0.15, 0.2) is 0 Å². The standard InChI is InChI=1S/C17H32N4O6S2/c1-9(2)6-11(19-14(23)10(18)4-5-29-3)15(24)20-12(7-22)16(25)21-13(8-28)17(26)27/h9-13,22,28H,4-8,18H2,1-3H3,(H,19,23)(H,20,24)(H,21,25)(H,26,27). The van der Waals surface area contributed by atoms with Crippen LogP contribution in [0.5, 0.6) is 0 Å². The highest BCUT2D eigenvalue weighted by Gasteiger charge is 2.30. The molecule has 0 aliphatic heterocycles. The van der Waals surface area contributed by atoms with Crippen molar-refractivity contribution < 1.29 is 29.4 Å². The number of thioether (sulfide) groups is 1.